The van der Waals surface area contributed by atoms with Crippen LogP contribution in [0.3, 0.4) is 0 Å². The Morgan fingerprint density at radius 2 is 2.29 bits per heavy atom. The highest BCUT2D eigenvalue weighted by molar-refractivity contribution is 7.13. The smallest absolute Gasteiger partial charge is 0.293 e. The number of aliphatic hydroxyl groups is 1. The number of thiazole rings is 1. The second-order valence-electron chi connectivity index (χ2n) is 5.81. The van der Waals surface area contributed by atoms with E-state index in [4.69, 9.17) is 10.1 Å². The second kappa shape index (κ2) is 10.4. The van der Waals surface area contributed by atoms with Crippen LogP contribution in [0, 0.1) is 11.2 Å². The minimum Gasteiger partial charge on any atom is -0.493 e. The van der Waals surface area contributed by atoms with Gasteiger partial charge in [-0.1, -0.05) is 0 Å². The molecule has 2 aromatic rings. The van der Waals surface area contributed by atoms with Crippen LogP contribution >= 0.6 is 11.3 Å². The average molecular weight is 411 g/mol. The van der Waals surface area contributed by atoms with Crippen LogP contribution < -0.4 is 15.1 Å². The Kier molecular flexibility index (Phi) is 7.96. The van der Waals surface area contributed by atoms with E-state index in [1.54, 1.807) is 24.1 Å². The normalized spacial score (nSPS) is 11.5. The van der Waals surface area contributed by atoms with Gasteiger partial charge in [-0.3, -0.25) is 10.2 Å². The van der Waals surface area contributed by atoms with E-state index in [0.29, 0.717) is 23.9 Å². The maximum atomic E-state index is 14.6. The molecule has 1 atom stereocenters. The summed E-state index contributed by atoms with van der Waals surface area (Å²) >= 11 is 1.25. The number of benzene rings is 1. The lowest BCUT2D eigenvalue weighted by atomic mass is 10.2. The monoisotopic (exact) mass is 411 g/mol. The summed E-state index contributed by atoms with van der Waals surface area (Å²) in [4.78, 5) is 17.4. The number of ether oxygens (including phenoxy) is 1. The first kappa shape index (κ1) is 21.4. The van der Waals surface area contributed by atoms with Crippen LogP contribution in [0.1, 0.15) is 0 Å². The fourth-order valence-corrected chi connectivity index (χ4v) is 3.09. The summed E-state index contributed by atoms with van der Waals surface area (Å²) in [5, 5.41) is 31.0. The fourth-order valence-electron chi connectivity index (χ4n) is 2.48. The van der Waals surface area contributed by atoms with Crippen molar-refractivity contribution in [3.8, 4) is 5.88 Å². The predicted molar refractivity (Wildman–Crippen MR) is 106 cm³/mol. The van der Waals surface area contributed by atoms with E-state index in [1.165, 1.54) is 27.7 Å². The van der Waals surface area contributed by atoms with Gasteiger partial charge in [-0.25, -0.2) is 4.39 Å². The molecule has 1 aromatic carbocycles. The van der Waals surface area contributed by atoms with Crippen molar-refractivity contribution in [3.63, 3.8) is 0 Å². The largest absolute Gasteiger partial charge is 0.493 e. The minimum atomic E-state index is -0.709. The molecule has 0 aliphatic heterocycles. The van der Waals surface area contributed by atoms with Crippen LogP contribution in [0.15, 0.2) is 23.6 Å². The van der Waals surface area contributed by atoms with Gasteiger partial charge in [0.1, 0.15) is 11.9 Å². The Bertz CT molecular complexity index is 791. The standard InChI is InChI=1S/C17H22FN5O4S/c1-22(7-13(8-24)27-11-25)12-2-3-15(14(18)6-12)23(10-19)5-4-20-17-21-16(26)9-28-17/h2-3,6,9-11,13,19,24,26H,4-5,7-8H2,1H3,(H,20,21). The number of carbonyl (C=O) groups excluding carboxylic acids is 1. The Hall–Kier alpha value is -2.92. The topological polar surface area (TPSA) is 122 Å². The third-order valence-corrected chi connectivity index (χ3v) is 4.67. The number of nitrogens with zero attached hydrogens (tertiary/aromatic N) is 3. The average Bonchev–Trinajstić information content (AvgIpc) is 3.10. The Morgan fingerprint density at radius 1 is 1.50 bits per heavy atom. The van der Waals surface area contributed by atoms with Crippen molar-refractivity contribution in [1.82, 2.24) is 4.98 Å². The van der Waals surface area contributed by atoms with Crippen molar-refractivity contribution >= 4 is 40.7 Å². The molecular formula is C17H22FN5O4S. The number of likely N-dealkylation sites (N-methyl/N-ethyl adjacent to an activating group) is 1. The first-order valence-corrected chi connectivity index (χ1v) is 9.22. The maximum Gasteiger partial charge on any atom is 0.293 e. The van der Waals surface area contributed by atoms with E-state index < -0.39 is 11.9 Å². The first-order valence-electron chi connectivity index (χ1n) is 8.34. The molecule has 152 valence electrons. The van der Waals surface area contributed by atoms with Gasteiger partial charge in [0.25, 0.3) is 6.47 Å². The van der Waals surface area contributed by atoms with Gasteiger partial charge in [-0.2, -0.15) is 4.98 Å². The number of hydrogen-bond acceptors (Lipinski definition) is 9. The van der Waals surface area contributed by atoms with Crippen molar-refractivity contribution in [3.05, 3.63) is 29.4 Å². The number of halogens is 1. The summed E-state index contributed by atoms with van der Waals surface area (Å²) in [7, 11) is 1.69. The number of rotatable bonds is 12. The summed E-state index contributed by atoms with van der Waals surface area (Å²) in [5.41, 5.74) is 0.773. The number of aromatic hydroxyl groups is 1. The van der Waals surface area contributed by atoms with Crippen LogP contribution in [0.5, 0.6) is 5.88 Å². The lowest BCUT2D eigenvalue weighted by Crippen LogP contribution is -2.33. The molecule has 0 radical (unpaired) electrons. The molecule has 0 aliphatic rings. The lowest BCUT2D eigenvalue weighted by molar-refractivity contribution is -0.134. The molecule has 2 rings (SSSR count). The summed E-state index contributed by atoms with van der Waals surface area (Å²) in [6.45, 7) is 0.837. The Morgan fingerprint density at radius 3 is 2.86 bits per heavy atom. The number of carbonyl (C=O) groups is 1. The molecule has 4 N–H and O–H groups in total. The molecule has 1 heterocycles. The number of nitrogens with one attached hydrogen (secondary N) is 2. The van der Waals surface area contributed by atoms with E-state index in [2.05, 4.69) is 10.3 Å². The van der Waals surface area contributed by atoms with E-state index in [9.17, 15) is 19.4 Å². The van der Waals surface area contributed by atoms with Gasteiger partial charge in [0, 0.05) is 25.8 Å². The summed E-state index contributed by atoms with van der Waals surface area (Å²) in [6.07, 6.45) is 0.322. The maximum absolute atomic E-state index is 14.6. The molecule has 9 nitrogen and oxygen atoms in total. The molecular weight excluding hydrogens is 389 g/mol. The van der Waals surface area contributed by atoms with Crippen LogP contribution in [0.25, 0.3) is 0 Å². The van der Waals surface area contributed by atoms with Gasteiger partial charge < -0.3 is 30.1 Å². The third-order valence-electron chi connectivity index (χ3n) is 3.89. The zero-order valence-electron chi connectivity index (χ0n) is 15.2. The molecule has 0 bridgehead atoms. The van der Waals surface area contributed by atoms with Crippen molar-refractivity contribution < 1.29 is 24.1 Å². The van der Waals surface area contributed by atoms with Gasteiger partial charge in [0.15, 0.2) is 5.13 Å². The molecule has 0 saturated heterocycles. The lowest BCUT2D eigenvalue weighted by Gasteiger charge is -2.25. The molecule has 0 amide bonds. The quantitative estimate of drug-likeness (QED) is 0.235. The Labute approximate surface area is 165 Å². The second-order valence-corrected chi connectivity index (χ2v) is 6.67. The van der Waals surface area contributed by atoms with Gasteiger partial charge >= 0.3 is 0 Å². The zero-order valence-corrected chi connectivity index (χ0v) is 16.0. The predicted octanol–water partition coefficient (Wildman–Crippen LogP) is 1.48. The van der Waals surface area contributed by atoms with Crippen molar-refractivity contribution in [2.24, 2.45) is 0 Å². The minimum absolute atomic E-state index is 0.0656. The number of hydrogen-bond donors (Lipinski definition) is 4. The molecule has 0 aliphatic carbocycles. The zero-order chi connectivity index (χ0) is 20.5. The molecule has 0 spiro atoms. The Balaban J connectivity index is 1.99. The van der Waals surface area contributed by atoms with Crippen LogP contribution in [-0.4, -0.2) is 67.4 Å². The van der Waals surface area contributed by atoms with Gasteiger partial charge in [-0.05, 0) is 18.2 Å². The number of aromatic nitrogens is 1. The van der Waals surface area contributed by atoms with Gasteiger partial charge in [0.2, 0.25) is 5.88 Å². The summed E-state index contributed by atoms with van der Waals surface area (Å²) in [5.74, 6) is -0.583. The van der Waals surface area contributed by atoms with E-state index >= 15 is 0 Å². The van der Waals surface area contributed by atoms with Crippen LogP contribution in [0.2, 0.25) is 0 Å². The molecule has 0 saturated carbocycles. The third kappa shape index (κ3) is 5.79. The summed E-state index contributed by atoms with van der Waals surface area (Å²) < 4.78 is 19.3. The number of aliphatic hydroxyl groups excluding tert-OH is 1. The molecule has 11 heteroatoms. The highest BCUT2D eigenvalue weighted by Crippen LogP contribution is 2.24. The fraction of sp³-hybridized carbons (Fsp3) is 0.353. The SMILES string of the molecule is CN(CC(CO)OC=O)c1ccc(N(C=N)CCNc2nc(O)cs2)c(F)c1. The highest BCUT2D eigenvalue weighted by Gasteiger charge is 2.15. The van der Waals surface area contributed by atoms with Gasteiger partial charge in [-0.15, -0.1) is 11.3 Å². The van der Waals surface area contributed by atoms with Crippen molar-refractivity contribution in [2.75, 3.05) is 48.4 Å². The van der Waals surface area contributed by atoms with Crippen molar-refractivity contribution in [2.45, 2.75) is 6.10 Å². The van der Waals surface area contributed by atoms with Crippen LogP contribution in [-0.2, 0) is 9.53 Å². The highest BCUT2D eigenvalue weighted by atomic mass is 32.1. The molecule has 1 unspecified atom stereocenters. The number of anilines is 3. The van der Waals surface area contributed by atoms with E-state index in [-0.39, 0.29) is 31.2 Å². The molecule has 1 aromatic heterocycles. The van der Waals surface area contributed by atoms with E-state index in [1.807, 2.05) is 0 Å². The van der Waals surface area contributed by atoms with Gasteiger partial charge in [0.05, 0.1) is 30.6 Å². The first-order chi connectivity index (χ1) is 13.5. The van der Waals surface area contributed by atoms with E-state index in [0.717, 1.165) is 6.34 Å². The summed E-state index contributed by atoms with van der Waals surface area (Å²) in [6, 6.07) is 4.54. The van der Waals surface area contributed by atoms with Crippen LogP contribution in [0.4, 0.5) is 20.9 Å². The molecule has 28 heavy (non-hydrogen) atoms. The van der Waals surface area contributed by atoms with Crippen molar-refractivity contribution in [1.29, 1.82) is 5.41 Å². The molecule has 0 fully saturated rings.